The Morgan fingerprint density at radius 2 is 2.11 bits per heavy atom. The first kappa shape index (κ1) is 13.2. The van der Waals surface area contributed by atoms with Crippen molar-refractivity contribution < 1.29 is 8.78 Å². The number of allylic oxidation sites excluding steroid dienone is 2. The Labute approximate surface area is 107 Å². The van der Waals surface area contributed by atoms with Crippen LogP contribution in [-0.4, -0.2) is 6.54 Å². The highest BCUT2D eigenvalue weighted by Gasteiger charge is 2.13. The molecule has 0 heterocycles. The van der Waals surface area contributed by atoms with Crippen LogP contribution in [0.1, 0.15) is 37.8 Å². The lowest BCUT2D eigenvalue weighted by Gasteiger charge is -2.21. The maximum absolute atomic E-state index is 13.1. The summed E-state index contributed by atoms with van der Waals surface area (Å²) in [6, 6.07) is 4.14. The number of hydrogen-bond acceptors (Lipinski definition) is 1. The second-order valence-corrected chi connectivity index (χ2v) is 4.95. The summed E-state index contributed by atoms with van der Waals surface area (Å²) in [6.07, 6.45) is 7.89. The van der Waals surface area contributed by atoms with Gasteiger partial charge in [-0.1, -0.05) is 18.2 Å². The monoisotopic (exact) mass is 251 g/mol. The number of benzene rings is 1. The van der Waals surface area contributed by atoms with Crippen LogP contribution < -0.4 is 5.32 Å². The van der Waals surface area contributed by atoms with Gasteiger partial charge in [-0.3, -0.25) is 0 Å². The average molecular weight is 251 g/mol. The lowest BCUT2D eigenvalue weighted by Crippen LogP contribution is -2.26. The molecule has 98 valence electrons. The number of rotatable bonds is 4. The van der Waals surface area contributed by atoms with Crippen LogP contribution in [0, 0.1) is 17.6 Å². The third-order valence-electron chi connectivity index (χ3n) is 3.53. The first-order valence-corrected chi connectivity index (χ1v) is 6.50. The standard InChI is InChI=1S/C15H19F2N/c1-11(13-7-8-14(16)15(17)9-13)18-10-12-5-3-2-4-6-12/h2-3,7-9,11-12,18H,4-6,10H2,1H3. The van der Waals surface area contributed by atoms with Gasteiger partial charge in [-0.05, 0) is 56.3 Å². The third-order valence-corrected chi connectivity index (χ3v) is 3.53. The predicted molar refractivity (Wildman–Crippen MR) is 69.3 cm³/mol. The second-order valence-electron chi connectivity index (χ2n) is 4.95. The molecule has 0 aliphatic heterocycles. The Hall–Kier alpha value is -1.22. The molecular formula is C15H19F2N. The lowest BCUT2D eigenvalue weighted by atomic mass is 9.94. The van der Waals surface area contributed by atoms with E-state index < -0.39 is 11.6 Å². The molecule has 0 spiro atoms. The first-order chi connectivity index (χ1) is 8.66. The van der Waals surface area contributed by atoms with Crippen LogP contribution in [-0.2, 0) is 0 Å². The molecule has 2 rings (SSSR count). The molecule has 0 bridgehead atoms. The minimum atomic E-state index is -0.789. The van der Waals surface area contributed by atoms with Crippen LogP contribution in [0.4, 0.5) is 8.78 Å². The van der Waals surface area contributed by atoms with E-state index in [9.17, 15) is 8.78 Å². The summed E-state index contributed by atoms with van der Waals surface area (Å²) in [5.74, 6) is -0.909. The van der Waals surface area contributed by atoms with Crippen molar-refractivity contribution in [1.82, 2.24) is 5.32 Å². The SMILES string of the molecule is CC(NCC1CC=CCC1)c1ccc(F)c(F)c1. The molecule has 0 fully saturated rings. The fraction of sp³-hybridized carbons (Fsp3) is 0.467. The summed E-state index contributed by atoms with van der Waals surface area (Å²) in [5, 5.41) is 3.39. The zero-order valence-electron chi connectivity index (χ0n) is 10.6. The van der Waals surface area contributed by atoms with Gasteiger partial charge < -0.3 is 5.32 Å². The number of halogens is 2. The lowest BCUT2D eigenvalue weighted by molar-refractivity contribution is 0.414. The second kappa shape index (κ2) is 6.10. The van der Waals surface area contributed by atoms with Gasteiger partial charge >= 0.3 is 0 Å². The van der Waals surface area contributed by atoms with Gasteiger partial charge in [-0.15, -0.1) is 0 Å². The molecule has 2 unspecified atom stereocenters. The summed E-state index contributed by atoms with van der Waals surface area (Å²) < 4.78 is 26.0. The highest BCUT2D eigenvalue weighted by molar-refractivity contribution is 5.20. The van der Waals surface area contributed by atoms with Crippen LogP contribution in [0.3, 0.4) is 0 Å². The van der Waals surface area contributed by atoms with E-state index >= 15 is 0 Å². The Morgan fingerprint density at radius 3 is 2.78 bits per heavy atom. The molecule has 2 atom stereocenters. The smallest absolute Gasteiger partial charge is 0.159 e. The van der Waals surface area contributed by atoms with Crippen molar-refractivity contribution in [2.45, 2.75) is 32.2 Å². The van der Waals surface area contributed by atoms with E-state index in [0.29, 0.717) is 5.92 Å². The van der Waals surface area contributed by atoms with Crippen LogP contribution in [0.5, 0.6) is 0 Å². The summed E-state index contributed by atoms with van der Waals surface area (Å²) in [4.78, 5) is 0. The van der Waals surface area contributed by atoms with Crippen LogP contribution in [0.25, 0.3) is 0 Å². The Balaban J connectivity index is 1.88. The zero-order chi connectivity index (χ0) is 13.0. The van der Waals surface area contributed by atoms with E-state index in [1.165, 1.54) is 18.6 Å². The highest BCUT2D eigenvalue weighted by atomic mass is 19.2. The van der Waals surface area contributed by atoms with E-state index in [1.54, 1.807) is 6.07 Å². The Morgan fingerprint density at radius 1 is 1.28 bits per heavy atom. The summed E-state index contributed by atoms with van der Waals surface area (Å²) in [7, 11) is 0. The molecule has 3 heteroatoms. The van der Waals surface area contributed by atoms with E-state index in [0.717, 1.165) is 24.9 Å². The van der Waals surface area contributed by atoms with Crippen molar-refractivity contribution >= 4 is 0 Å². The molecule has 0 amide bonds. The molecule has 1 N–H and O–H groups in total. The minimum Gasteiger partial charge on any atom is -0.310 e. The fourth-order valence-corrected chi connectivity index (χ4v) is 2.28. The maximum atomic E-state index is 13.1. The van der Waals surface area contributed by atoms with Gasteiger partial charge in [0.25, 0.3) is 0 Å². The molecule has 1 aromatic carbocycles. The topological polar surface area (TPSA) is 12.0 Å². The van der Waals surface area contributed by atoms with E-state index in [1.807, 2.05) is 6.92 Å². The van der Waals surface area contributed by atoms with Gasteiger partial charge in [0.05, 0.1) is 0 Å². The quantitative estimate of drug-likeness (QED) is 0.798. The van der Waals surface area contributed by atoms with Gasteiger partial charge in [0.1, 0.15) is 0 Å². The Kier molecular flexibility index (Phi) is 4.48. The Bertz CT molecular complexity index is 429. The van der Waals surface area contributed by atoms with Gasteiger partial charge in [0.15, 0.2) is 11.6 Å². The normalized spacial score (nSPS) is 20.9. The largest absolute Gasteiger partial charge is 0.310 e. The molecule has 0 radical (unpaired) electrons. The summed E-state index contributed by atoms with van der Waals surface area (Å²) in [5.41, 5.74) is 0.792. The maximum Gasteiger partial charge on any atom is 0.159 e. The predicted octanol–water partition coefficient (Wildman–Crippen LogP) is 3.97. The highest BCUT2D eigenvalue weighted by Crippen LogP contribution is 2.20. The van der Waals surface area contributed by atoms with Crippen molar-refractivity contribution in [3.8, 4) is 0 Å². The van der Waals surface area contributed by atoms with E-state index in [-0.39, 0.29) is 6.04 Å². The summed E-state index contributed by atoms with van der Waals surface area (Å²) in [6.45, 7) is 2.90. The molecule has 1 nitrogen and oxygen atoms in total. The molecule has 1 aliphatic carbocycles. The van der Waals surface area contributed by atoms with Crippen molar-refractivity contribution in [2.24, 2.45) is 5.92 Å². The molecular weight excluding hydrogens is 232 g/mol. The van der Waals surface area contributed by atoms with E-state index in [2.05, 4.69) is 17.5 Å². The first-order valence-electron chi connectivity index (χ1n) is 6.50. The molecule has 0 saturated carbocycles. The van der Waals surface area contributed by atoms with E-state index in [4.69, 9.17) is 0 Å². The van der Waals surface area contributed by atoms with Crippen molar-refractivity contribution in [3.63, 3.8) is 0 Å². The molecule has 1 aromatic rings. The van der Waals surface area contributed by atoms with Gasteiger partial charge in [0, 0.05) is 6.04 Å². The van der Waals surface area contributed by atoms with Crippen LogP contribution >= 0.6 is 0 Å². The average Bonchev–Trinajstić information content (AvgIpc) is 2.40. The van der Waals surface area contributed by atoms with Gasteiger partial charge in [0.2, 0.25) is 0 Å². The van der Waals surface area contributed by atoms with Crippen molar-refractivity contribution in [3.05, 3.63) is 47.5 Å². The fourth-order valence-electron chi connectivity index (χ4n) is 2.28. The van der Waals surface area contributed by atoms with Crippen molar-refractivity contribution in [1.29, 1.82) is 0 Å². The number of hydrogen-bond donors (Lipinski definition) is 1. The van der Waals surface area contributed by atoms with Gasteiger partial charge in [-0.25, -0.2) is 8.78 Å². The minimum absolute atomic E-state index is 0.0472. The van der Waals surface area contributed by atoms with Crippen molar-refractivity contribution in [2.75, 3.05) is 6.54 Å². The van der Waals surface area contributed by atoms with Crippen LogP contribution in [0.15, 0.2) is 30.4 Å². The van der Waals surface area contributed by atoms with Gasteiger partial charge in [-0.2, -0.15) is 0 Å². The molecule has 18 heavy (non-hydrogen) atoms. The number of nitrogens with one attached hydrogen (secondary N) is 1. The molecule has 0 aromatic heterocycles. The summed E-state index contributed by atoms with van der Waals surface area (Å²) >= 11 is 0. The molecule has 1 aliphatic rings. The molecule has 0 saturated heterocycles. The zero-order valence-corrected chi connectivity index (χ0v) is 10.6. The van der Waals surface area contributed by atoms with Crippen LogP contribution in [0.2, 0.25) is 0 Å². The third kappa shape index (κ3) is 3.39.